The predicted molar refractivity (Wildman–Crippen MR) is 127 cm³/mol. The van der Waals surface area contributed by atoms with Gasteiger partial charge in [-0.1, -0.05) is 18.1 Å². The molecule has 0 saturated carbocycles. The Morgan fingerprint density at radius 3 is 2.44 bits per heavy atom. The third-order valence-corrected chi connectivity index (χ3v) is 4.80. The minimum absolute atomic E-state index is 0.104. The summed E-state index contributed by atoms with van der Waals surface area (Å²) in [5.41, 5.74) is 15.7. The minimum atomic E-state index is -0.718. The van der Waals surface area contributed by atoms with Crippen LogP contribution in [-0.4, -0.2) is 22.8 Å². The molecular weight excluding hydrogens is 409 g/mol. The predicted octanol–water partition coefficient (Wildman–Crippen LogP) is 2.99. The van der Waals surface area contributed by atoms with E-state index < -0.39 is 11.6 Å². The van der Waals surface area contributed by atoms with Crippen LogP contribution < -0.4 is 22.2 Å². The lowest BCUT2D eigenvalue weighted by molar-refractivity contribution is 0.588. The number of benzene rings is 1. The molecular formula is C23H19BF2N6. The molecule has 9 heteroatoms. The molecule has 32 heavy (non-hydrogen) atoms. The van der Waals surface area contributed by atoms with E-state index in [9.17, 15) is 8.78 Å². The zero-order chi connectivity index (χ0) is 22.8. The van der Waals surface area contributed by atoms with E-state index >= 15 is 0 Å². The lowest BCUT2D eigenvalue weighted by Gasteiger charge is -2.16. The van der Waals surface area contributed by atoms with E-state index in [0.717, 1.165) is 11.0 Å². The fourth-order valence-corrected chi connectivity index (χ4v) is 3.36. The summed E-state index contributed by atoms with van der Waals surface area (Å²) in [4.78, 5) is 12.9. The number of nitrogen functional groups attached to an aromatic ring is 2. The third-order valence-electron chi connectivity index (χ3n) is 4.80. The summed E-state index contributed by atoms with van der Waals surface area (Å²) in [6.07, 6.45) is 3.25. The highest BCUT2D eigenvalue weighted by Gasteiger charge is 2.16. The summed E-state index contributed by atoms with van der Waals surface area (Å²) in [5, 5.41) is 3.15. The van der Waals surface area contributed by atoms with Gasteiger partial charge >= 0.3 is 0 Å². The largest absolute Gasteiger partial charge is 0.397 e. The average Bonchev–Trinajstić information content (AvgIpc) is 2.74. The summed E-state index contributed by atoms with van der Waals surface area (Å²) < 4.78 is 28.5. The van der Waals surface area contributed by atoms with Crippen molar-refractivity contribution in [3.05, 3.63) is 84.8 Å². The number of halogens is 2. The lowest BCUT2D eigenvalue weighted by Crippen LogP contribution is -2.09. The molecule has 4 aromatic rings. The molecule has 0 bridgehead atoms. The van der Waals surface area contributed by atoms with Crippen molar-refractivity contribution < 1.29 is 8.78 Å². The second-order valence-corrected chi connectivity index (χ2v) is 7.21. The number of pyridine rings is 3. The number of aromatic nitrogens is 3. The molecule has 0 aliphatic rings. The zero-order valence-electron chi connectivity index (χ0n) is 17.2. The summed E-state index contributed by atoms with van der Waals surface area (Å²) in [6, 6.07) is 12.1. The minimum Gasteiger partial charge on any atom is -0.397 e. The molecule has 0 atom stereocenters. The Balaban J connectivity index is 1.72. The Kier molecular flexibility index (Phi) is 5.55. The second kappa shape index (κ2) is 8.47. The van der Waals surface area contributed by atoms with Crippen molar-refractivity contribution >= 4 is 36.2 Å². The Hall–Kier alpha value is -4.27. The maximum atomic E-state index is 14.2. The van der Waals surface area contributed by atoms with E-state index in [1.54, 1.807) is 24.5 Å². The van der Waals surface area contributed by atoms with Gasteiger partial charge in [0.2, 0.25) is 0 Å². The first-order valence-electron chi connectivity index (χ1n) is 9.69. The highest BCUT2D eigenvalue weighted by molar-refractivity contribution is 6.32. The van der Waals surface area contributed by atoms with Crippen LogP contribution in [0.2, 0.25) is 0 Å². The van der Waals surface area contributed by atoms with Gasteiger partial charge in [0.15, 0.2) is 0 Å². The van der Waals surface area contributed by atoms with Crippen LogP contribution in [0.5, 0.6) is 0 Å². The third kappa shape index (κ3) is 4.13. The summed E-state index contributed by atoms with van der Waals surface area (Å²) in [7, 11) is 1.92. The van der Waals surface area contributed by atoms with Crippen LogP contribution in [0.15, 0.2) is 67.5 Å². The van der Waals surface area contributed by atoms with E-state index in [0.29, 0.717) is 28.6 Å². The molecule has 0 aliphatic heterocycles. The Morgan fingerprint density at radius 1 is 0.969 bits per heavy atom. The van der Waals surface area contributed by atoms with Crippen molar-refractivity contribution in [2.75, 3.05) is 16.8 Å². The van der Waals surface area contributed by atoms with Crippen molar-refractivity contribution in [1.29, 1.82) is 0 Å². The van der Waals surface area contributed by atoms with Gasteiger partial charge in [0.25, 0.3) is 0 Å². The molecule has 0 aliphatic carbocycles. The SMILES string of the molecule is Bc1cc(N)nc(-c2ccncc2NC(=C)c2nc(-c3c(F)cccc3F)ccc2N)c1. The maximum absolute atomic E-state index is 14.2. The van der Waals surface area contributed by atoms with Gasteiger partial charge in [-0.25, -0.2) is 18.7 Å². The number of nitrogens with one attached hydrogen (secondary N) is 1. The molecule has 4 rings (SSSR count). The topological polar surface area (TPSA) is 103 Å². The van der Waals surface area contributed by atoms with Gasteiger partial charge in [0.1, 0.15) is 31.0 Å². The molecule has 0 amide bonds. The summed E-state index contributed by atoms with van der Waals surface area (Å²) in [5.74, 6) is -1.04. The number of hydrogen-bond acceptors (Lipinski definition) is 6. The highest BCUT2D eigenvalue weighted by Crippen LogP contribution is 2.31. The van der Waals surface area contributed by atoms with E-state index in [4.69, 9.17) is 11.5 Å². The molecule has 0 fully saturated rings. The van der Waals surface area contributed by atoms with Gasteiger partial charge in [-0.3, -0.25) is 4.98 Å². The number of nitrogens with two attached hydrogens (primary N) is 2. The zero-order valence-corrected chi connectivity index (χ0v) is 17.2. The smallest absolute Gasteiger partial charge is 0.139 e. The van der Waals surface area contributed by atoms with Crippen molar-refractivity contribution in [3.63, 3.8) is 0 Å². The molecule has 0 unspecified atom stereocenters. The molecule has 6 nitrogen and oxygen atoms in total. The first-order chi connectivity index (χ1) is 15.3. The summed E-state index contributed by atoms with van der Waals surface area (Å²) >= 11 is 0. The Morgan fingerprint density at radius 2 is 1.72 bits per heavy atom. The number of hydrogen-bond donors (Lipinski definition) is 3. The van der Waals surface area contributed by atoms with Crippen LogP contribution in [0.4, 0.5) is 26.0 Å². The Bertz CT molecular complexity index is 1300. The van der Waals surface area contributed by atoms with Crippen molar-refractivity contribution in [3.8, 4) is 22.5 Å². The van der Waals surface area contributed by atoms with Crippen LogP contribution in [0.25, 0.3) is 28.2 Å². The van der Waals surface area contributed by atoms with Gasteiger partial charge in [-0.15, -0.1) is 0 Å². The molecule has 158 valence electrons. The van der Waals surface area contributed by atoms with Crippen LogP contribution in [0, 0.1) is 11.6 Å². The quantitative estimate of drug-likeness (QED) is 0.423. The van der Waals surface area contributed by atoms with Crippen LogP contribution in [0.3, 0.4) is 0 Å². The van der Waals surface area contributed by atoms with Gasteiger partial charge in [0, 0.05) is 11.8 Å². The molecule has 1 aromatic carbocycles. The monoisotopic (exact) mass is 428 g/mol. The number of rotatable bonds is 5. The van der Waals surface area contributed by atoms with Gasteiger partial charge in [-0.2, -0.15) is 0 Å². The molecule has 3 heterocycles. The lowest BCUT2D eigenvalue weighted by atomic mass is 9.95. The van der Waals surface area contributed by atoms with Crippen LogP contribution in [0.1, 0.15) is 5.69 Å². The van der Waals surface area contributed by atoms with Crippen molar-refractivity contribution in [1.82, 2.24) is 15.0 Å². The van der Waals surface area contributed by atoms with Gasteiger partial charge in [0.05, 0.1) is 40.2 Å². The standard InChI is InChI=1S/C23H19BF2N6/c1-12(23-17(27)5-6-18(32-23)22-15(25)3-2-4-16(22)26)30-20-11-29-8-7-14(20)19-9-13(24)10-21(28)31-19/h2-11,30H,1,24,27H2,(H2,28,31). The average molecular weight is 428 g/mol. The van der Waals surface area contributed by atoms with E-state index in [1.807, 2.05) is 13.9 Å². The summed E-state index contributed by atoms with van der Waals surface area (Å²) in [6.45, 7) is 4.02. The van der Waals surface area contributed by atoms with Crippen LogP contribution >= 0.6 is 0 Å². The Labute approximate surface area is 184 Å². The fourth-order valence-electron chi connectivity index (χ4n) is 3.36. The maximum Gasteiger partial charge on any atom is 0.139 e. The number of nitrogens with zero attached hydrogens (tertiary/aromatic N) is 3. The fraction of sp³-hybridized carbons (Fsp3) is 0. The van der Waals surface area contributed by atoms with Crippen molar-refractivity contribution in [2.45, 2.75) is 0 Å². The van der Waals surface area contributed by atoms with E-state index in [1.165, 1.54) is 30.3 Å². The van der Waals surface area contributed by atoms with Crippen LogP contribution in [-0.2, 0) is 0 Å². The molecule has 0 radical (unpaired) electrons. The molecule has 0 spiro atoms. The first kappa shape index (κ1) is 21.0. The van der Waals surface area contributed by atoms with Gasteiger partial charge in [-0.05, 0) is 42.5 Å². The number of anilines is 3. The molecule has 0 saturated heterocycles. The van der Waals surface area contributed by atoms with Crippen molar-refractivity contribution in [2.24, 2.45) is 0 Å². The molecule has 5 N–H and O–H groups in total. The first-order valence-corrected chi connectivity index (χ1v) is 9.69. The van der Waals surface area contributed by atoms with E-state index in [-0.39, 0.29) is 17.0 Å². The van der Waals surface area contributed by atoms with E-state index in [2.05, 4.69) is 26.8 Å². The normalized spacial score (nSPS) is 10.7. The molecule has 3 aromatic heterocycles. The second-order valence-electron chi connectivity index (χ2n) is 7.21. The highest BCUT2D eigenvalue weighted by atomic mass is 19.1. The van der Waals surface area contributed by atoms with Gasteiger partial charge < -0.3 is 16.8 Å².